The van der Waals surface area contributed by atoms with Crippen molar-refractivity contribution in [2.45, 2.75) is 12.8 Å². The molecule has 6 heteroatoms. The van der Waals surface area contributed by atoms with Crippen molar-refractivity contribution in [1.29, 1.82) is 0 Å². The van der Waals surface area contributed by atoms with Crippen LogP contribution in [0.4, 0.5) is 3.89 Å². The molecule has 2 aromatic carbocycles. The third kappa shape index (κ3) is 4.68. The average Bonchev–Trinajstić information content (AvgIpc) is 2.45. The summed E-state index contributed by atoms with van der Waals surface area (Å²) in [4.78, 5) is 12.1. The molecule has 0 amide bonds. The quantitative estimate of drug-likeness (QED) is 0.608. The first kappa shape index (κ1) is 15.2. The molecule has 0 saturated carbocycles. The summed E-state index contributed by atoms with van der Waals surface area (Å²) in [6, 6.07) is 15.1. The zero-order valence-corrected chi connectivity index (χ0v) is 11.8. The van der Waals surface area contributed by atoms with Crippen LogP contribution >= 0.6 is 0 Å². The number of ketones is 1. The predicted octanol–water partition coefficient (Wildman–Crippen LogP) is 3.10. The van der Waals surface area contributed by atoms with E-state index < -0.39 is 10.5 Å². The monoisotopic (exact) mass is 308 g/mol. The SMILES string of the molecule is O=C(CCc1ccccc1)c1ccccc1OS(=O)(=O)F. The van der Waals surface area contributed by atoms with Gasteiger partial charge in [0.05, 0.1) is 5.56 Å². The van der Waals surface area contributed by atoms with Crippen molar-refractivity contribution in [3.63, 3.8) is 0 Å². The van der Waals surface area contributed by atoms with Gasteiger partial charge < -0.3 is 4.18 Å². The number of rotatable bonds is 6. The molecule has 110 valence electrons. The molecule has 0 heterocycles. The Balaban J connectivity index is 2.12. The van der Waals surface area contributed by atoms with Gasteiger partial charge in [0.25, 0.3) is 0 Å². The van der Waals surface area contributed by atoms with Crippen molar-refractivity contribution in [2.24, 2.45) is 0 Å². The Kier molecular flexibility index (Phi) is 4.70. The van der Waals surface area contributed by atoms with Crippen molar-refractivity contribution >= 4 is 16.3 Å². The molecular formula is C15H13FO4S. The fourth-order valence-electron chi connectivity index (χ4n) is 1.91. The van der Waals surface area contributed by atoms with Crippen molar-refractivity contribution in [3.05, 3.63) is 65.7 Å². The van der Waals surface area contributed by atoms with Crippen molar-refractivity contribution < 1.29 is 21.3 Å². The standard InChI is InChI=1S/C15H13FO4S/c16-21(18,19)20-15-9-5-4-8-13(15)14(17)11-10-12-6-2-1-3-7-12/h1-9H,10-11H2. The zero-order valence-electron chi connectivity index (χ0n) is 11.0. The summed E-state index contributed by atoms with van der Waals surface area (Å²) in [5.41, 5.74) is 1.04. The van der Waals surface area contributed by atoms with E-state index in [0.29, 0.717) is 6.42 Å². The van der Waals surface area contributed by atoms with Gasteiger partial charge in [0.1, 0.15) is 0 Å². The van der Waals surface area contributed by atoms with E-state index >= 15 is 0 Å². The molecule has 0 spiro atoms. The van der Waals surface area contributed by atoms with Crippen molar-refractivity contribution in [3.8, 4) is 5.75 Å². The number of para-hydroxylation sites is 1. The van der Waals surface area contributed by atoms with Crippen LogP contribution in [0.2, 0.25) is 0 Å². The summed E-state index contributed by atoms with van der Waals surface area (Å²) in [6.45, 7) is 0. The van der Waals surface area contributed by atoms with E-state index in [-0.39, 0.29) is 23.5 Å². The molecule has 0 atom stereocenters. The lowest BCUT2D eigenvalue weighted by molar-refractivity contribution is 0.0981. The molecule has 0 fully saturated rings. The van der Waals surface area contributed by atoms with Gasteiger partial charge in [0.15, 0.2) is 11.5 Å². The minimum Gasteiger partial charge on any atom is -0.358 e. The van der Waals surface area contributed by atoms with E-state index in [4.69, 9.17) is 0 Å². The van der Waals surface area contributed by atoms with E-state index in [1.54, 1.807) is 6.07 Å². The molecule has 0 saturated heterocycles. The topological polar surface area (TPSA) is 60.4 Å². The second-order valence-corrected chi connectivity index (χ2v) is 5.33. The van der Waals surface area contributed by atoms with Crippen LogP contribution in [0.25, 0.3) is 0 Å². The highest BCUT2D eigenvalue weighted by atomic mass is 32.3. The van der Waals surface area contributed by atoms with Gasteiger partial charge in [-0.1, -0.05) is 46.4 Å². The molecule has 4 nitrogen and oxygen atoms in total. The lowest BCUT2D eigenvalue weighted by Crippen LogP contribution is -2.08. The van der Waals surface area contributed by atoms with Gasteiger partial charge >= 0.3 is 10.5 Å². The number of aryl methyl sites for hydroxylation is 1. The van der Waals surface area contributed by atoms with Gasteiger partial charge in [-0.25, -0.2) is 0 Å². The van der Waals surface area contributed by atoms with Gasteiger partial charge in [-0.2, -0.15) is 8.42 Å². The maximum Gasteiger partial charge on any atom is 0.488 e. The third-order valence-corrected chi connectivity index (χ3v) is 3.24. The van der Waals surface area contributed by atoms with Gasteiger partial charge in [0, 0.05) is 6.42 Å². The maximum absolute atomic E-state index is 12.6. The number of hydrogen-bond acceptors (Lipinski definition) is 4. The Labute approximate surface area is 122 Å². The van der Waals surface area contributed by atoms with E-state index in [1.807, 2.05) is 30.3 Å². The molecule has 0 bridgehead atoms. The molecule has 0 aliphatic carbocycles. The van der Waals surface area contributed by atoms with Crippen LogP contribution in [-0.4, -0.2) is 14.2 Å². The molecule has 2 rings (SSSR count). The van der Waals surface area contributed by atoms with Crippen LogP contribution in [0.15, 0.2) is 54.6 Å². The molecule has 0 aliphatic heterocycles. The van der Waals surface area contributed by atoms with E-state index in [2.05, 4.69) is 4.18 Å². The van der Waals surface area contributed by atoms with Crippen LogP contribution in [0.5, 0.6) is 5.75 Å². The van der Waals surface area contributed by atoms with Crippen LogP contribution in [0.1, 0.15) is 22.3 Å². The normalized spacial score (nSPS) is 11.1. The van der Waals surface area contributed by atoms with Crippen LogP contribution < -0.4 is 4.18 Å². The highest BCUT2D eigenvalue weighted by Gasteiger charge is 2.17. The minimum atomic E-state index is -5.15. The first-order chi connectivity index (χ1) is 9.96. The number of halogens is 1. The summed E-state index contributed by atoms with van der Waals surface area (Å²) >= 11 is 0. The molecule has 0 N–H and O–H groups in total. The lowest BCUT2D eigenvalue weighted by atomic mass is 10.0. The van der Waals surface area contributed by atoms with Gasteiger partial charge in [-0.3, -0.25) is 4.79 Å². The second kappa shape index (κ2) is 6.49. The highest BCUT2D eigenvalue weighted by molar-refractivity contribution is 7.81. The van der Waals surface area contributed by atoms with Crippen molar-refractivity contribution in [1.82, 2.24) is 0 Å². The smallest absolute Gasteiger partial charge is 0.358 e. The molecule has 21 heavy (non-hydrogen) atoms. The Hall–Kier alpha value is -2.21. The average molecular weight is 308 g/mol. The molecular weight excluding hydrogens is 295 g/mol. The number of benzene rings is 2. The van der Waals surface area contributed by atoms with Gasteiger partial charge in [0.2, 0.25) is 0 Å². The Morgan fingerprint density at radius 3 is 2.29 bits per heavy atom. The summed E-state index contributed by atoms with van der Waals surface area (Å²) in [5, 5.41) is 0. The summed E-state index contributed by atoms with van der Waals surface area (Å²) < 4.78 is 37.9. The Bertz CT molecular complexity index is 726. The first-order valence-corrected chi connectivity index (χ1v) is 7.57. The summed E-state index contributed by atoms with van der Waals surface area (Å²) in [7, 11) is -5.15. The first-order valence-electron chi connectivity index (χ1n) is 6.26. The Morgan fingerprint density at radius 1 is 1.00 bits per heavy atom. The molecule has 2 aromatic rings. The fourth-order valence-corrected chi connectivity index (χ4v) is 2.27. The van der Waals surface area contributed by atoms with E-state index in [0.717, 1.165) is 5.56 Å². The molecule has 0 aliphatic rings. The highest BCUT2D eigenvalue weighted by Crippen LogP contribution is 2.22. The predicted molar refractivity (Wildman–Crippen MR) is 76.2 cm³/mol. The third-order valence-electron chi connectivity index (χ3n) is 2.86. The summed E-state index contributed by atoms with van der Waals surface area (Å²) in [5.74, 6) is -0.601. The number of hydrogen-bond donors (Lipinski definition) is 0. The van der Waals surface area contributed by atoms with Gasteiger partial charge in [-0.15, -0.1) is 0 Å². The molecule has 0 unspecified atom stereocenters. The maximum atomic E-state index is 12.6. The van der Waals surface area contributed by atoms with Crippen LogP contribution in [-0.2, 0) is 16.9 Å². The Morgan fingerprint density at radius 2 is 1.62 bits per heavy atom. The minimum absolute atomic E-state index is 0.0506. The summed E-state index contributed by atoms with van der Waals surface area (Å²) in [6.07, 6.45) is 0.688. The van der Waals surface area contributed by atoms with Gasteiger partial charge in [-0.05, 0) is 24.1 Å². The number of Topliss-reactive ketones (excluding diaryl/α,β-unsaturated/α-hetero) is 1. The van der Waals surface area contributed by atoms with Crippen molar-refractivity contribution in [2.75, 3.05) is 0 Å². The van der Waals surface area contributed by atoms with Crippen LogP contribution in [0, 0.1) is 0 Å². The second-order valence-electron chi connectivity index (χ2n) is 4.38. The lowest BCUT2D eigenvalue weighted by Gasteiger charge is -2.07. The largest absolute Gasteiger partial charge is 0.488 e. The fraction of sp³-hybridized carbons (Fsp3) is 0.133. The van der Waals surface area contributed by atoms with E-state index in [1.165, 1.54) is 18.2 Å². The molecule has 0 radical (unpaired) electrons. The van der Waals surface area contributed by atoms with Crippen LogP contribution in [0.3, 0.4) is 0 Å². The molecule has 0 aromatic heterocycles. The van der Waals surface area contributed by atoms with E-state index in [9.17, 15) is 17.1 Å². The number of carbonyl (C=O) groups is 1. The number of carbonyl (C=O) groups excluding carboxylic acids is 1. The zero-order chi connectivity index (χ0) is 15.3.